The lowest BCUT2D eigenvalue weighted by molar-refractivity contribution is -0.384. The summed E-state index contributed by atoms with van der Waals surface area (Å²) in [6, 6.07) is 8.72. The fraction of sp³-hybridized carbons (Fsp3) is 0.158. The first-order valence-corrected chi connectivity index (χ1v) is 9.63. The zero-order chi connectivity index (χ0) is 21.1. The number of hydrogen-bond donors (Lipinski definition) is 1. The van der Waals surface area contributed by atoms with Gasteiger partial charge in [0.2, 0.25) is 0 Å². The number of rotatable bonds is 6. The first-order valence-electron chi connectivity index (χ1n) is 8.44. The quantitative estimate of drug-likeness (QED) is 0.402. The second-order valence-electron chi connectivity index (χ2n) is 5.98. The summed E-state index contributed by atoms with van der Waals surface area (Å²) in [5.74, 6) is -0.555. The van der Waals surface area contributed by atoms with Crippen LogP contribution in [0.4, 0.5) is 10.5 Å². The molecule has 2 amide bonds. The van der Waals surface area contributed by atoms with Crippen LogP contribution in [0, 0.1) is 10.1 Å². The molecular formula is C19H15ClN2O6S. The molecule has 1 saturated heterocycles. The molecule has 1 N–H and O–H groups in total. The molecule has 0 unspecified atom stereocenters. The van der Waals surface area contributed by atoms with Crippen molar-refractivity contribution in [1.82, 2.24) is 4.90 Å². The molecule has 3 rings (SSSR count). The lowest BCUT2D eigenvalue weighted by Crippen LogP contribution is -2.27. The third-order valence-corrected chi connectivity index (χ3v) is 5.18. The second kappa shape index (κ2) is 8.54. The summed E-state index contributed by atoms with van der Waals surface area (Å²) in [5.41, 5.74) is 0.832. The average molecular weight is 435 g/mol. The highest BCUT2D eigenvalue weighted by Crippen LogP contribution is 2.38. The molecule has 0 radical (unpaired) electrons. The number of nitro groups is 1. The predicted molar refractivity (Wildman–Crippen MR) is 109 cm³/mol. The minimum atomic E-state index is -0.540. The van der Waals surface area contributed by atoms with Crippen molar-refractivity contribution in [2.75, 3.05) is 6.61 Å². The van der Waals surface area contributed by atoms with Gasteiger partial charge in [-0.2, -0.15) is 0 Å². The summed E-state index contributed by atoms with van der Waals surface area (Å²) in [4.78, 5) is 36.5. The smallest absolute Gasteiger partial charge is 0.293 e. The molecule has 1 aliphatic rings. The zero-order valence-electron chi connectivity index (χ0n) is 15.1. The van der Waals surface area contributed by atoms with E-state index in [1.54, 1.807) is 13.0 Å². The molecule has 150 valence electrons. The van der Waals surface area contributed by atoms with Crippen LogP contribution in [0.1, 0.15) is 18.1 Å². The maximum Gasteiger partial charge on any atom is 0.293 e. The van der Waals surface area contributed by atoms with Gasteiger partial charge >= 0.3 is 0 Å². The van der Waals surface area contributed by atoms with E-state index in [9.17, 15) is 24.8 Å². The van der Waals surface area contributed by atoms with Gasteiger partial charge in [0.05, 0.1) is 28.0 Å². The lowest BCUT2D eigenvalue weighted by Gasteiger charge is -2.12. The number of amides is 2. The summed E-state index contributed by atoms with van der Waals surface area (Å²) in [6.45, 7) is 1.98. The minimum absolute atomic E-state index is 0.0537. The van der Waals surface area contributed by atoms with Gasteiger partial charge in [-0.1, -0.05) is 23.7 Å². The largest absolute Gasteiger partial charge is 0.503 e. The molecule has 0 spiro atoms. The van der Waals surface area contributed by atoms with Crippen molar-refractivity contribution < 1.29 is 24.4 Å². The van der Waals surface area contributed by atoms with Crippen molar-refractivity contribution in [2.45, 2.75) is 13.5 Å². The van der Waals surface area contributed by atoms with Crippen LogP contribution in [0.25, 0.3) is 6.08 Å². The van der Waals surface area contributed by atoms with Gasteiger partial charge in [0, 0.05) is 12.1 Å². The summed E-state index contributed by atoms with van der Waals surface area (Å²) >= 11 is 6.75. The van der Waals surface area contributed by atoms with E-state index >= 15 is 0 Å². The van der Waals surface area contributed by atoms with E-state index < -0.39 is 16.1 Å². The van der Waals surface area contributed by atoms with Crippen molar-refractivity contribution in [3.63, 3.8) is 0 Å². The van der Waals surface area contributed by atoms with Crippen LogP contribution in [0.3, 0.4) is 0 Å². The fourth-order valence-corrected chi connectivity index (χ4v) is 3.74. The molecule has 1 heterocycles. The highest BCUT2D eigenvalue weighted by molar-refractivity contribution is 8.18. The standard InChI is InChI=1S/C19H15ClN2O6S/c1-2-28-15-8-12(7-14(20)17(15)23)9-16-18(24)21(19(25)29-16)10-11-4-3-5-13(6-11)22(26)27/h3-9,23H,2,10H2,1H3. The molecule has 0 aliphatic carbocycles. The highest BCUT2D eigenvalue weighted by atomic mass is 35.5. The number of phenolic OH excluding ortho intramolecular Hbond substituents is 1. The molecule has 0 saturated carbocycles. The first-order chi connectivity index (χ1) is 13.8. The number of benzene rings is 2. The van der Waals surface area contributed by atoms with E-state index in [1.165, 1.54) is 36.4 Å². The first kappa shape index (κ1) is 20.7. The Balaban J connectivity index is 1.85. The van der Waals surface area contributed by atoms with Crippen molar-refractivity contribution in [3.8, 4) is 11.5 Å². The number of non-ortho nitro benzene ring substituents is 1. The number of hydrogen-bond acceptors (Lipinski definition) is 7. The molecule has 0 bridgehead atoms. The lowest BCUT2D eigenvalue weighted by atomic mass is 10.1. The third kappa shape index (κ3) is 4.52. The van der Waals surface area contributed by atoms with Gasteiger partial charge in [0.1, 0.15) is 0 Å². The normalized spacial score (nSPS) is 15.2. The predicted octanol–water partition coefficient (Wildman–Crippen LogP) is 4.59. The summed E-state index contributed by atoms with van der Waals surface area (Å²) in [7, 11) is 0. The van der Waals surface area contributed by atoms with Gasteiger partial charge in [-0.05, 0) is 48.0 Å². The Bertz CT molecular complexity index is 1040. The molecule has 29 heavy (non-hydrogen) atoms. The topological polar surface area (TPSA) is 110 Å². The number of carbonyl (C=O) groups excluding carboxylic acids is 2. The average Bonchev–Trinajstić information content (AvgIpc) is 2.93. The Labute approximate surface area is 174 Å². The Morgan fingerprint density at radius 2 is 2.07 bits per heavy atom. The molecule has 0 aromatic heterocycles. The molecule has 8 nitrogen and oxygen atoms in total. The van der Waals surface area contributed by atoms with E-state index in [1.807, 2.05) is 0 Å². The zero-order valence-corrected chi connectivity index (χ0v) is 16.7. The molecule has 2 aromatic carbocycles. The van der Waals surface area contributed by atoms with E-state index in [0.717, 1.165) is 16.7 Å². The summed E-state index contributed by atoms with van der Waals surface area (Å²) in [6.07, 6.45) is 1.48. The summed E-state index contributed by atoms with van der Waals surface area (Å²) < 4.78 is 5.31. The number of halogens is 1. The number of phenols is 1. The van der Waals surface area contributed by atoms with Crippen LogP contribution in [0.5, 0.6) is 11.5 Å². The van der Waals surface area contributed by atoms with Crippen LogP contribution >= 0.6 is 23.4 Å². The van der Waals surface area contributed by atoms with E-state index in [-0.39, 0.29) is 33.7 Å². The fourth-order valence-electron chi connectivity index (χ4n) is 2.68. The third-order valence-electron chi connectivity index (χ3n) is 3.98. The molecule has 1 fully saturated rings. The Morgan fingerprint density at radius 1 is 1.31 bits per heavy atom. The van der Waals surface area contributed by atoms with Crippen molar-refractivity contribution >= 4 is 46.3 Å². The van der Waals surface area contributed by atoms with Crippen LogP contribution in [-0.4, -0.2) is 32.7 Å². The van der Waals surface area contributed by atoms with E-state index in [0.29, 0.717) is 17.7 Å². The second-order valence-corrected chi connectivity index (χ2v) is 7.38. The van der Waals surface area contributed by atoms with Crippen LogP contribution < -0.4 is 4.74 Å². The van der Waals surface area contributed by atoms with E-state index in [2.05, 4.69) is 0 Å². The van der Waals surface area contributed by atoms with Gasteiger partial charge in [0.25, 0.3) is 16.8 Å². The number of aromatic hydroxyl groups is 1. The van der Waals surface area contributed by atoms with Gasteiger partial charge in [0.15, 0.2) is 11.5 Å². The number of imide groups is 1. The van der Waals surface area contributed by atoms with Crippen LogP contribution in [0.15, 0.2) is 41.3 Å². The Hall–Kier alpha value is -3.04. The molecule has 1 aliphatic heterocycles. The molecular weight excluding hydrogens is 420 g/mol. The van der Waals surface area contributed by atoms with E-state index in [4.69, 9.17) is 16.3 Å². The molecule has 0 atom stereocenters. The summed E-state index contributed by atoms with van der Waals surface area (Å²) in [5, 5.41) is 20.4. The molecule has 10 heteroatoms. The number of nitro benzene ring substituents is 1. The van der Waals surface area contributed by atoms with Gasteiger partial charge in [-0.15, -0.1) is 0 Å². The Morgan fingerprint density at radius 3 is 2.76 bits per heavy atom. The maximum atomic E-state index is 12.7. The molecule has 2 aromatic rings. The number of nitrogens with zero attached hydrogens (tertiary/aromatic N) is 2. The SMILES string of the molecule is CCOc1cc(C=C2SC(=O)N(Cc3cccc([N+](=O)[O-])c3)C2=O)cc(Cl)c1O. The minimum Gasteiger partial charge on any atom is -0.503 e. The van der Waals surface area contributed by atoms with Gasteiger partial charge < -0.3 is 9.84 Å². The number of thioether (sulfide) groups is 1. The van der Waals surface area contributed by atoms with Crippen LogP contribution in [-0.2, 0) is 11.3 Å². The van der Waals surface area contributed by atoms with Crippen molar-refractivity contribution in [2.24, 2.45) is 0 Å². The highest BCUT2D eigenvalue weighted by Gasteiger charge is 2.35. The van der Waals surface area contributed by atoms with Crippen molar-refractivity contribution in [1.29, 1.82) is 0 Å². The van der Waals surface area contributed by atoms with Gasteiger partial charge in [-0.25, -0.2) is 0 Å². The van der Waals surface area contributed by atoms with Crippen LogP contribution in [0.2, 0.25) is 5.02 Å². The Kier molecular flexibility index (Phi) is 6.09. The van der Waals surface area contributed by atoms with Gasteiger partial charge in [-0.3, -0.25) is 24.6 Å². The maximum absolute atomic E-state index is 12.7. The number of ether oxygens (including phenoxy) is 1. The van der Waals surface area contributed by atoms with Crippen molar-refractivity contribution in [3.05, 3.63) is 67.6 Å². The number of carbonyl (C=O) groups is 2. The monoisotopic (exact) mass is 434 g/mol.